The number of amides is 1. The molecule has 0 aliphatic rings. The van der Waals surface area contributed by atoms with Gasteiger partial charge in [0.05, 0.1) is 5.60 Å². The topological polar surface area (TPSA) is 69.6 Å². The van der Waals surface area contributed by atoms with E-state index in [1.807, 2.05) is 30.3 Å². The number of hydrogen-bond donors (Lipinski definition) is 3. The molecular weight excluding hydrogens is 326 g/mol. The lowest BCUT2D eigenvalue weighted by Gasteiger charge is -2.23. The summed E-state index contributed by atoms with van der Waals surface area (Å²) in [6.07, 6.45) is 0.916. The molecule has 128 valence electrons. The maximum absolute atomic E-state index is 12.3. The third-order valence-corrected chi connectivity index (χ3v) is 4.02. The molecule has 0 aliphatic heterocycles. The van der Waals surface area contributed by atoms with Gasteiger partial charge < -0.3 is 15.5 Å². The summed E-state index contributed by atoms with van der Waals surface area (Å²) in [4.78, 5) is 12.3. The molecule has 2 rings (SSSR count). The second-order valence-corrected chi connectivity index (χ2v) is 6.53. The fraction of sp³-hybridized carbons (Fsp3) is 0.316. The van der Waals surface area contributed by atoms with Crippen LogP contribution in [0.3, 0.4) is 0 Å². The Morgan fingerprint density at radius 2 is 1.83 bits per heavy atom. The van der Waals surface area contributed by atoms with Crippen molar-refractivity contribution < 1.29 is 15.0 Å². The van der Waals surface area contributed by atoms with Crippen LogP contribution in [0.2, 0.25) is 5.02 Å². The number of nitrogens with one attached hydrogen (secondary N) is 1. The van der Waals surface area contributed by atoms with Crippen molar-refractivity contribution in [3.63, 3.8) is 0 Å². The van der Waals surface area contributed by atoms with E-state index >= 15 is 0 Å². The van der Waals surface area contributed by atoms with Gasteiger partial charge in [0.1, 0.15) is 0 Å². The second-order valence-electron chi connectivity index (χ2n) is 6.10. The van der Waals surface area contributed by atoms with E-state index in [1.54, 1.807) is 25.1 Å². The maximum atomic E-state index is 12.3. The highest BCUT2D eigenvalue weighted by molar-refractivity contribution is 6.30. The summed E-state index contributed by atoms with van der Waals surface area (Å²) in [5.41, 5.74) is 1.32. The van der Waals surface area contributed by atoms with Gasteiger partial charge in [-0.25, -0.2) is 0 Å². The predicted octanol–water partition coefficient (Wildman–Crippen LogP) is 3.26. The van der Waals surface area contributed by atoms with Crippen LogP contribution in [-0.4, -0.2) is 34.9 Å². The molecule has 2 aromatic carbocycles. The van der Waals surface area contributed by atoms with Crippen LogP contribution in [0.5, 0.6) is 0 Å². The van der Waals surface area contributed by atoms with Crippen LogP contribution in [0.1, 0.15) is 30.1 Å². The molecule has 0 spiro atoms. The van der Waals surface area contributed by atoms with Crippen molar-refractivity contribution in [3.05, 3.63) is 59.1 Å². The first kappa shape index (κ1) is 18.5. The lowest BCUT2D eigenvalue weighted by molar-refractivity contribution is 0.0415. The molecule has 2 aromatic rings. The van der Waals surface area contributed by atoms with Crippen LogP contribution in [0, 0.1) is 0 Å². The molecule has 1 amide bonds. The summed E-state index contributed by atoms with van der Waals surface area (Å²) in [6, 6.07) is 14.7. The monoisotopic (exact) mass is 347 g/mol. The molecule has 0 bridgehead atoms. The zero-order valence-corrected chi connectivity index (χ0v) is 14.4. The van der Waals surface area contributed by atoms with Crippen molar-refractivity contribution in [2.24, 2.45) is 0 Å². The van der Waals surface area contributed by atoms with E-state index in [1.165, 1.54) is 0 Å². The minimum atomic E-state index is -1.04. The first-order chi connectivity index (χ1) is 11.4. The third kappa shape index (κ3) is 5.34. The average molecular weight is 348 g/mol. The van der Waals surface area contributed by atoms with E-state index in [4.69, 9.17) is 16.7 Å². The Labute approximate surface area is 147 Å². The Morgan fingerprint density at radius 1 is 1.17 bits per heavy atom. The molecule has 0 saturated carbocycles. The summed E-state index contributed by atoms with van der Waals surface area (Å²) in [6.45, 7) is 1.80. The van der Waals surface area contributed by atoms with E-state index in [0.29, 0.717) is 23.4 Å². The minimum absolute atomic E-state index is 0.0196. The molecule has 1 atom stereocenters. The van der Waals surface area contributed by atoms with Gasteiger partial charge in [-0.15, -0.1) is 0 Å². The second kappa shape index (κ2) is 8.29. The van der Waals surface area contributed by atoms with Gasteiger partial charge >= 0.3 is 0 Å². The van der Waals surface area contributed by atoms with Gasteiger partial charge in [-0.3, -0.25) is 4.79 Å². The van der Waals surface area contributed by atoms with E-state index < -0.39 is 5.60 Å². The van der Waals surface area contributed by atoms with Crippen molar-refractivity contribution in [2.75, 3.05) is 13.2 Å². The SMILES string of the molecule is C[C@](O)(CCCO)CNC(=O)c1cccc(-c2cccc(Cl)c2)c1. The molecule has 0 aliphatic carbocycles. The van der Waals surface area contributed by atoms with Gasteiger partial charge in [-0.05, 0) is 55.2 Å². The Hall–Kier alpha value is -1.88. The zero-order chi connectivity index (χ0) is 17.6. The number of carbonyl (C=O) groups is 1. The summed E-state index contributed by atoms with van der Waals surface area (Å²) < 4.78 is 0. The van der Waals surface area contributed by atoms with Crippen molar-refractivity contribution in [3.8, 4) is 11.1 Å². The Bertz CT molecular complexity index is 701. The lowest BCUT2D eigenvalue weighted by atomic mass is 10.00. The molecule has 0 saturated heterocycles. The molecule has 0 fully saturated rings. The summed E-state index contributed by atoms with van der Waals surface area (Å²) in [5.74, 6) is -0.247. The van der Waals surface area contributed by atoms with Gasteiger partial charge in [-0.1, -0.05) is 35.9 Å². The quantitative estimate of drug-likeness (QED) is 0.720. The molecule has 4 nitrogen and oxygen atoms in total. The van der Waals surface area contributed by atoms with Crippen LogP contribution in [0.25, 0.3) is 11.1 Å². The summed E-state index contributed by atoms with van der Waals surface area (Å²) in [5, 5.41) is 22.4. The van der Waals surface area contributed by atoms with E-state index in [0.717, 1.165) is 11.1 Å². The minimum Gasteiger partial charge on any atom is -0.396 e. The standard InChI is InChI=1S/C19H22ClNO3/c1-19(24,9-4-10-22)13-21-18(23)16-7-2-5-14(11-16)15-6-3-8-17(20)12-15/h2-3,5-8,11-12,22,24H,4,9-10,13H2,1H3,(H,21,23)/t19-/m0/s1. The maximum Gasteiger partial charge on any atom is 0.251 e. The number of carbonyl (C=O) groups excluding carboxylic acids is 1. The molecule has 0 unspecified atom stereocenters. The smallest absolute Gasteiger partial charge is 0.251 e. The molecule has 5 heteroatoms. The van der Waals surface area contributed by atoms with Crippen LogP contribution >= 0.6 is 11.6 Å². The summed E-state index contributed by atoms with van der Waals surface area (Å²) in [7, 11) is 0. The predicted molar refractivity (Wildman–Crippen MR) is 96.2 cm³/mol. The Morgan fingerprint density at radius 3 is 2.50 bits per heavy atom. The van der Waals surface area contributed by atoms with Crippen LogP contribution < -0.4 is 5.32 Å². The number of aliphatic hydroxyl groups is 2. The number of benzene rings is 2. The molecule has 0 heterocycles. The average Bonchev–Trinajstić information content (AvgIpc) is 2.58. The number of aliphatic hydroxyl groups excluding tert-OH is 1. The van der Waals surface area contributed by atoms with Crippen LogP contribution in [0.15, 0.2) is 48.5 Å². The number of halogens is 1. The van der Waals surface area contributed by atoms with Gasteiger partial charge in [0.2, 0.25) is 0 Å². The zero-order valence-electron chi connectivity index (χ0n) is 13.6. The highest BCUT2D eigenvalue weighted by Gasteiger charge is 2.21. The molecule has 24 heavy (non-hydrogen) atoms. The largest absolute Gasteiger partial charge is 0.396 e. The first-order valence-electron chi connectivity index (χ1n) is 7.89. The molecule has 0 radical (unpaired) electrons. The van der Waals surface area contributed by atoms with Gasteiger partial charge in [-0.2, -0.15) is 0 Å². The Balaban J connectivity index is 2.07. The molecule has 0 aromatic heterocycles. The highest BCUT2D eigenvalue weighted by atomic mass is 35.5. The van der Waals surface area contributed by atoms with Gasteiger partial charge in [0.25, 0.3) is 5.91 Å². The Kier molecular flexibility index (Phi) is 6.37. The van der Waals surface area contributed by atoms with Gasteiger partial charge in [0, 0.05) is 23.7 Å². The third-order valence-electron chi connectivity index (χ3n) is 3.79. The van der Waals surface area contributed by atoms with Crippen molar-refractivity contribution in [1.82, 2.24) is 5.32 Å². The fourth-order valence-corrected chi connectivity index (χ4v) is 2.62. The van der Waals surface area contributed by atoms with Crippen LogP contribution in [-0.2, 0) is 0 Å². The van der Waals surface area contributed by atoms with Gasteiger partial charge in [0.15, 0.2) is 0 Å². The normalized spacial score (nSPS) is 13.3. The van der Waals surface area contributed by atoms with Crippen LogP contribution in [0.4, 0.5) is 0 Å². The lowest BCUT2D eigenvalue weighted by Crippen LogP contribution is -2.40. The van der Waals surface area contributed by atoms with E-state index in [2.05, 4.69) is 5.32 Å². The molecular formula is C19H22ClNO3. The fourth-order valence-electron chi connectivity index (χ4n) is 2.43. The number of hydrogen-bond acceptors (Lipinski definition) is 3. The van der Waals surface area contributed by atoms with E-state index in [-0.39, 0.29) is 19.1 Å². The van der Waals surface area contributed by atoms with Crippen molar-refractivity contribution in [1.29, 1.82) is 0 Å². The number of rotatable bonds is 7. The highest BCUT2D eigenvalue weighted by Crippen LogP contribution is 2.23. The first-order valence-corrected chi connectivity index (χ1v) is 8.26. The van der Waals surface area contributed by atoms with Crippen molar-refractivity contribution in [2.45, 2.75) is 25.4 Å². The van der Waals surface area contributed by atoms with E-state index in [9.17, 15) is 9.90 Å². The van der Waals surface area contributed by atoms with Crippen molar-refractivity contribution >= 4 is 17.5 Å². The summed E-state index contributed by atoms with van der Waals surface area (Å²) >= 11 is 6.01. The molecule has 3 N–H and O–H groups in total.